The summed E-state index contributed by atoms with van der Waals surface area (Å²) in [6, 6.07) is 7.97. The molecule has 0 atom stereocenters. The van der Waals surface area contributed by atoms with Gasteiger partial charge in [-0.15, -0.1) is 35.3 Å². The highest BCUT2D eigenvalue weighted by Crippen LogP contribution is 2.19. The molecule has 144 valence electrons. The number of thiazole rings is 1. The molecule has 2 aromatic rings. The third kappa shape index (κ3) is 6.75. The Hall–Kier alpha value is -1.35. The van der Waals surface area contributed by atoms with Gasteiger partial charge in [0, 0.05) is 30.0 Å². The van der Waals surface area contributed by atoms with Gasteiger partial charge >= 0.3 is 0 Å². The fraction of sp³-hybridized carbons (Fsp3) is 0.474. The number of aliphatic imine (C=N–C) groups is 1. The molecule has 1 aromatic carbocycles. The fourth-order valence-electron chi connectivity index (χ4n) is 2.55. The standard InChI is InChI=1S/C19H28N4OS.HI/c1-5-16-14(3)25-18(23-16)11-12-21-19(20-6-2)22-13-15-9-7-8-10-17(15)24-4;/h7-10H,5-6,11-13H2,1-4H3,(H2,20,21,22);1H. The number of hydrogen-bond acceptors (Lipinski definition) is 4. The largest absolute Gasteiger partial charge is 0.496 e. The van der Waals surface area contributed by atoms with Crippen molar-refractivity contribution in [3.05, 3.63) is 45.4 Å². The van der Waals surface area contributed by atoms with Gasteiger partial charge in [-0.3, -0.25) is 0 Å². The Morgan fingerprint density at radius 1 is 1.23 bits per heavy atom. The van der Waals surface area contributed by atoms with Crippen LogP contribution in [-0.2, 0) is 19.4 Å². The van der Waals surface area contributed by atoms with Crippen molar-refractivity contribution < 1.29 is 4.74 Å². The monoisotopic (exact) mass is 488 g/mol. The highest BCUT2D eigenvalue weighted by atomic mass is 127. The number of guanidine groups is 1. The van der Waals surface area contributed by atoms with Crippen LogP contribution in [0.15, 0.2) is 29.3 Å². The summed E-state index contributed by atoms with van der Waals surface area (Å²) in [4.78, 5) is 10.7. The molecule has 0 saturated heterocycles. The summed E-state index contributed by atoms with van der Waals surface area (Å²) >= 11 is 1.79. The number of halogens is 1. The van der Waals surface area contributed by atoms with E-state index < -0.39 is 0 Å². The second-order valence-corrected chi connectivity index (χ2v) is 6.94. The molecule has 5 nitrogen and oxygen atoms in total. The molecule has 0 aliphatic heterocycles. The molecule has 0 spiro atoms. The molecule has 0 aliphatic rings. The molecular formula is C19H29IN4OS. The quantitative estimate of drug-likeness (QED) is 0.336. The van der Waals surface area contributed by atoms with E-state index in [2.05, 4.69) is 41.4 Å². The third-order valence-electron chi connectivity index (χ3n) is 3.85. The van der Waals surface area contributed by atoms with Crippen molar-refractivity contribution in [2.75, 3.05) is 20.2 Å². The first-order valence-electron chi connectivity index (χ1n) is 8.77. The topological polar surface area (TPSA) is 58.5 Å². The van der Waals surface area contributed by atoms with Gasteiger partial charge in [0.05, 0.1) is 24.4 Å². The number of ether oxygens (including phenoxy) is 1. The Balaban J connectivity index is 0.00000338. The Morgan fingerprint density at radius 2 is 2.00 bits per heavy atom. The van der Waals surface area contributed by atoms with Crippen molar-refractivity contribution in [3.8, 4) is 5.75 Å². The van der Waals surface area contributed by atoms with Gasteiger partial charge in [0.1, 0.15) is 5.75 Å². The number of para-hydroxylation sites is 1. The van der Waals surface area contributed by atoms with E-state index >= 15 is 0 Å². The van der Waals surface area contributed by atoms with Gasteiger partial charge in [-0.1, -0.05) is 25.1 Å². The smallest absolute Gasteiger partial charge is 0.191 e. The van der Waals surface area contributed by atoms with Gasteiger partial charge < -0.3 is 15.4 Å². The minimum Gasteiger partial charge on any atom is -0.496 e. The van der Waals surface area contributed by atoms with Crippen molar-refractivity contribution in [1.82, 2.24) is 15.6 Å². The van der Waals surface area contributed by atoms with E-state index in [0.717, 1.165) is 43.2 Å². The molecule has 0 bridgehead atoms. The number of nitrogens with zero attached hydrogens (tertiary/aromatic N) is 2. The SMILES string of the molecule is CCNC(=NCc1ccccc1OC)NCCc1nc(CC)c(C)s1.I. The first-order chi connectivity index (χ1) is 12.2. The summed E-state index contributed by atoms with van der Waals surface area (Å²) in [5.41, 5.74) is 2.29. The average molecular weight is 488 g/mol. The molecule has 2 N–H and O–H groups in total. The van der Waals surface area contributed by atoms with Crippen LogP contribution in [0, 0.1) is 6.92 Å². The summed E-state index contributed by atoms with van der Waals surface area (Å²) < 4.78 is 5.38. The number of nitrogens with one attached hydrogen (secondary N) is 2. The molecular weight excluding hydrogens is 459 g/mol. The van der Waals surface area contributed by atoms with Crippen molar-refractivity contribution in [3.63, 3.8) is 0 Å². The van der Waals surface area contributed by atoms with Crippen LogP contribution >= 0.6 is 35.3 Å². The molecule has 0 aliphatic carbocycles. The number of aromatic nitrogens is 1. The Bertz CT molecular complexity index is 703. The summed E-state index contributed by atoms with van der Waals surface area (Å²) in [6.07, 6.45) is 1.91. The summed E-state index contributed by atoms with van der Waals surface area (Å²) in [6.45, 7) is 8.58. The van der Waals surface area contributed by atoms with Crippen LogP contribution in [0.5, 0.6) is 5.75 Å². The maximum atomic E-state index is 5.38. The Kier molecular flexibility index (Phi) is 10.6. The van der Waals surface area contributed by atoms with Gasteiger partial charge in [0.2, 0.25) is 0 Å². The second-order valence-electron chi connectivity index (χ2n) is 5.65. The lowest BCUT2D eigenvalue weighted by Gasteiger charge is -2.11. The van der Waals surface area contributed by atoms with E-state index in [-0.39, 0.29) is 24.0 Å². The highest BCUT2D eigenvalue weighted by Gasteiger charge is 2.06. The molecule has 2 rings (SSSR count). The van der Waals surface area contributed by atoms with Crippen LogP contribution < -0.4 is 15.4 Å². The van der Waals surface area contributed by atoms with Crippen LogP contribution in [0.25, 0.3) is 0 Å². The lowest BCUT2D eigenvalue weighted by Crippen LogP contribution is -2.38. The van der Waals surface area contributed by atoms with Crippen LogP contribution in [-0.4, -0.2) is 31.1 Å². The van der Waals surface area contributed by atoms with Crippen LogP contribution in [0.2, 0.25) is 0 Å². The first kappa shape index (κ1) is 22.7. The van der Waals surface area contributed by atoms with Crippen molar-refractivity contribution in [2.45, 2.75) is 40.2 Å². The second kappa shape index (κ2) is 12.1. The molecule has 26 heavy (non-hydrogen) atoms. The summed E-state index contributed by atoms with van der Waals surface area (Å²) in [7, 11) is 1.69. The number of benzene rings is 1. The number of aryl methyl sites for hydroxylation is 2. The summed E-state index contributed by atoms with van der Waals surface area (Å²) in [5.74, 6) is 1.69. The predicted octanol–water partition coefficient (Wildman–Crippen LogP) is 3.94. The van der Waals surface area contributed by atoms with Gasteiger partial charge in [0.15, 0.2) is 5.96 Å². The molecule has 0 fully saturated rings. The lowest BCUT2D eigenvalue weighted by molar-refractivity contribution is 0.410. The van der Waals surface area contributed by atoms with Crippen LogP contribution in [0.1, 0.15) is 35.0 Å². The van der Waals surface area contributed by atoms with Gasteiger partial charge in [-0.05, 0) is 26.3 Å². The molecule has 0 amide bonds. The normalized spacial score (nSPS) is 11.0. The molecule has 1 aromatic heterocycles. The zero-order valence-corrected chi connectivity index (χ0v) is 19.1. The van der Waals surface area contributed by atoms with E-state index in [4.69, 9.17) is 4.74 Å². The van der Waals surface area contributed by atoms with Crippen LogP contribution in [0.3, 0.4) is 0 Å². The number of rotatable bonds is 8. The van der Waals surface area contributed by atoms with E-state index in [9.17, 15) is 0 Å². The minimum atomic E-state index is 0. The maximum Gasteiger partial charge on any atom is 0.191 e. The molecule has 1 heterocycles. The number of hydrogen-bond donors (Lipinski definition) is 2. The zero-order chi connectivity index (χ0) is 18.1. The predicted molar refractivity (Wildman–Crippen MR) is 121 cm³/mol. The first-order valence-corrected chi connectivity index (χ1v) is 9.58. The van der Waals surface area contributed by atoms with E-state index in [1.807, 2.05) is 24.3 Å². The lowest BCUT2D eigenvalue weighted by atomic mass is 10.2. The van der Waals surface area contributed by atoms with E-state index in [1.54, 1.807) is 18.4 Å². The Labute approximate surface area is 177 Å². The Morgan fingerprint density at radius 3 is 2.65 bits per heavy atom. The van der Waals surface area contributed by atoms with Gasteiger partial charge in [-0.2, -0.15) is 0 Å². The average Bonchev–Trinajstić information content (AvgIpc) is 2.99. The maximum absolute atomic E-state index is 5.38. The van der Waals surface area contributed by atoms with E-state index in [1.165, 1.54) is 15.6 Å². The zero-order valence-electron chi connectivity index (χ0n) is 16.0. The molecule has 7 heteroatoms. The van der Waals surface area contributed by atoms with Gasteiger partial charge in [-0.25, -0.2) is 9.98 Å². The third-order valence-corrected chi connectivity index (χ3v) is 4.92. The molecule has 0 unspecified atom stereocenters. The minimum absolute atomic E-state index is 0. The van der Waals surface area contributed by atoms with Crippen molar-refractivity contribution in [1.29, 1.82) is 0 Å². The van der Waals surface area contributed by atoms with Crippen molar-refractivity contribution in [2.24, 2.45) is 4.99 Å². The summed E-state index contributed by atoms with van der Waals surface area (Å²) in [5, 5.41) is 7.86. The van der Waals surface area contributed by atoms with Gasteiger partial charge in [0.25, 0.3) is 0 Å². The molecule has 0 radical (unpaired) electrons. The highest BCUT2D eigenvalue weighted by molar-refractivity contribution is 14.0. The fourth-order valence-corrected chi connectivity index (χ4v) is 3.57. The molecule has 0 saturated carbocycles. The van der Waals surface area contributed by atoms with Crippen LogP contribution in [0.4, 0.5) is 0 Å². The van der Waals surface area contributed by atoms with E-state index in [0.29, 0.717) is 6.54 Å². The number of methoxy groups -OCH3 is 1. The van der Waals surface area contributed by atoms with Crippen molar-refractivity contribution >= 4 is 41.3 Å².